The lowest BCUT2D eigenvalue weighted by Gasteiger charge is -2.22. The highest BCUT2D eigenvalue weighted by molar-refractivity contribution is 4.91. The molecule has 1 fully saturated rings. The highest BCUT2D eigenvalue weighted by Crippen LogP contribution is 2.12. The van der Waals surface area contributed by atoms with E-state index >= 15 is 0 Å². The first kappa shape index (κ1) is 12.6. The maximum absolute atomic E-state index is 5.47. The minimum Gasteiger partial charge on any atom is -0.381 e. The number of imidazole rings is 1. The van der Waals surface area contributed by atoms with E-state index in [1.807, 2.05) is 6.20 Å². The van der Waals surface area contributed by atoms with Crippen molar-refractivity contribution in [2.45, 2.75) is 39.3 Å². The smallest absolute Gasteiger partial charge is 0.122 e. The Kier molecular flexibility index (Phi) is 5.01. The van der Waals surface area contributed by atoms with Crippen molar-refractivity contribution in [3.8, 4) is 0 Å². The van der Waals surface area contributed by atoms with Crippen LogP contribution in [0.2, 0.25) is 0 Å². The van der Waals surface area contributed by atoms with Crippen molar-refractivity contribution >= 4 is 0 Å². The van der Waals surface area contributed by atoms with Crippen LogP contribution < -0.4 is 5.32 Å². The van der Waals surface area contributed by atoms with Crippen molar-refractivity contribution in [3.63, 3.8) is 0 Å². The van der Waals surface area contributed by atoms with Crippen molar-refractivity contribution in [2.75, 3.05) is 19.8 Å². The van der Waals surface area contributed by atoms with Crippen LogP contribution >= 0.6 is 0 Å². The van der Waals surface area contributed by atoms with Crippen LogP contribution in [0.4, 0.5) is 0 Å². The number of hydrogen-bond donors (Lipinski definition) is 1. The highest BCUT2D eigenvalue weighted by atomic mass is 16.5. The Bertz CT molecular complexity index is 318. The predicted octanol–water partition coefficient (Wildman–Crippen LogP) is 1.81. The SMILES string of the molecule is CCCn1ccnc1CNCC1CCCOC1. The third-order valence-corrected chi connectivity index (χ3v) is 3.24. The van der Waals surface area contributed by atoms with Crippen molar-refractivity contribution in [1.82, 2.24) is 14.9 Å². The first-order valence-electron chi connectivity index (χ1n) is 6.68. The Morgan fingerprint density at radius 2 is 2.53 bits per heavy atom. The molecular formula is C13H23N3O. The second-order valence-electron chi connectivity index (χ2n) is 4.75. The molecule has 0 spiro atoms. The van der Waals surface area contributed by atoms with Gasteiger partial charge in [0.1, 0.15) is 5.82 Å². The van der Waals surface area contributed by atoms with E-state index in [4.69, 9.17) is 4.74 Å². The van der Waals surface area contributed by atoms with Crippen molar-refractivity contribution in [1.29, 1.82) is 0 Å². The van der Waals surface area contributed by atoms with Gasteiger partial charge in [-0.05, 0) is 25.2 Å². The molecule has 1 N–H and O–H groups in total. The molecule has 96 valence electrons. The molecular weight excluding hydrogens is 214 g/mol. The summed E-state index contributed by atoms with van der Waals surface area (Å²) in [6, 6.07) is 0. The maximum Gasteiger partial charge on any atom is 0.122 e. The standard InChI is InChI=1S/C13H23N3O/c1-2-6-16-7-5-15-13(16)10-14-9-12-4-3-8-17-11-12/h5,7,12,14H,2-4,6,8-11H2,1H3. The van der Waals surface area contributed by atoms with Gasteiger partial charge in [-0.25, -0.2) is 4.98 Å². The van der Waals surface area contributed by atoms with Gasteiger partial charge in [0.15, 0.2) is 0 Å². The van der Waals surface area contributed by atoms with Gasteiger partial charge in [-0.3, -0.25) is 0 Å². The van der Waals surface area contributed by atoms with Crippen LogP contribution in [0.15, 0.2) is 12.4 Å². The molecule has 4 nitrogen and oxygen atoms in total. The first-order valence-corrected chi connectivity index (χ1v) is 6.68. The zero-order chi connectivity index (χ0) is 11.9. The molecule has 2 heterocycles. The minimum atomic E-state index is 0.679. The van der Waals surface area contributed by atoms with Gasteiger partial charge >= 0.3 is 0 Å². The van der Waals surface area contributed by atoms with E-state index in [2.05, 4.69) is 28.0 Å². The molecule has 1 unspecified atom stereocenters. The normalized spacial score (nSPS) is 20.6. The summed E-state index contributed by atoms with van der Waals surface area (Å²) in [5.74, 6) is 1.82. The first-order chi connectivity index (χ1) is 8.40. The summed E-state index contributed by atoms with van der Waals surface area (Å²) in [6.45, 7) is 7.01. The zero-order valence-electron chi connectivity index (χ0n) is 10.7. The van der Waals surface area contributed by atoms with E-state index in [0.717, 1.165) is 45.1 Å². The third kappa shape index (κ3) is 3.82. The number of ether oxygens (including phenoxy) is 1. The molecule has 4 heteroatoms. The van der Waals surface area contributed by atoms with Gasteiger partial charge in [-0.2, -0.15) is 0 Å². The van der Waals surface area contributed by atoms with E-state index in [1.165, 1.54) is 12.8 Å². The molecule has 0 amide bonds. The summed E-state index contributed by atoms with van der Waals surface area (Å²) in [4.78, 5) is 4.39. The van der Waals surface area contributed by atoms with Crippen molar-refractivity contribution < 1.29 is 4.74 Å². The average molecular weight is 237 g/mol. The quantitative estimate of drug-likeness (QED) is 0.820. The molecule has 1 aliphatic rings. The van der Waals surface area contributed by atoms with Gasteiger partial charge in [0, 0.05) is 32.1 Å². The van der Waals surface area contributed by atoms with Crippen LogP contribution in [0.3, 0.4) is 0 Å². The molecule has 1 aliphatic heterocycles. The summed E-state index contributed by atoms with van der Waals surface area (Å²) in [5.41, 5.74) is 0. The average Bonchev–Trinajstić information content (AvgIpc) is 2.79. The molecule has 1 aromatic heterocycles. The molecule has 17 heavy (non-hydrogen) atoms. The Labute approximate surface area is 103 Å². The third-order valence-electron chi connectivity index (χ3n) is 3.24. The van der Waals surface area contributed by atoms with Crippen LogP contribution in [0.5, 0.6) is 0 Å². The molecule has 2 rings (SSSR count). The Morgan fingerprint density at radius 3 is 3.29 bits per heavy atom. The monoisotopic (exact) mass is 237 g/mol. The summed E-state index contributed by atoms with van der Waals surface area (Å²) in [6.07, 6.45) is 7.59. The fourth-order valence-corrected chi connectivity index (χ4v) is 2.31. The molecule has 0 aromatic carbocycles. The number of nitrogens with one attached hydrogen (secondary N) is 1. The molecule has 1 saturated heterocycles. The number of aryl methyl sites for hydroxylation is 1. The van der Waals surface area contributed by atoms with Crippen LogP contribution in [-0.2, 0) is 17.8 Å². The molecule has 0 aliphatic carbocycles. The number of rotatable bonds is 6. The predicted molar refractivity (Wildman–Crippen MR) is 67.8 cm³/mol. The molecule has 0 saturated carbocycles. The number of hydrogen-bond acceptors (Lipinski definition) is 3. The maximum atomic E-state index is 5.47. The van der Waals surface area contributed by atoms with Crippen LogP contribution in [0, 0.1) is 5.92 Å². The molecule has 1 atom stereocenters. The lowest BCUT2D eigenvalue weighted by molar-refractivity contribution is 0.0546. The molecule has 1 aromatic rings. The fourth-order valence-electron chi connectivity index (χ4n) is 2.31. The Balaban J connectivity index is 1.71. The summed E-state index contributed by atoms with van der Waals surface area (Å²) in [7, 11) is 0. The van der Waals surface area contributed by atoms with Gasteiger partial charge in [-0.1, -0.05) is 6.92 Å². The second-order valence-corrected chi connectivity index (χ2v) is 4.75. The van der Waals surface area contributed by atoms with Crippen LogP contribution in [0.1, 0.15) is 32.0 Å². The van der Waals surface area contributed by atoms with E-state index in [1.54, 1.807) is 0 Å². The van der Waals surface area contributed by atoms with E-state index in [-0.39, 0.29) is 0 Å². The largest absolute Gasteiger partial charge is 0.381 e. The van der Waals surface area contributed by atoms with Crippen LogP contribution in [-0.4, -0.2) is 29.3 Å². The van der Waals surface area contributed by atoms with E-state index in [0.29, 0.717) is 5.92 Å². The Hall–Kier alpha value is -0.870. The van der Waals surface area contributed by atoms with Crippen molar-refractivity contribution in [3.05, 3.63) is 18.2 Å². The minimum absolute atomic E-state index is 0.679. The lowest BCUT2D eigenvalue weighted by Crippen LogP contribution is -2.29. The lowest BCUT2D eigenvalue weighted by atomic mass is 10.0. The topological polar surface area (TPSA) is 39.1 Å². The van der Waals surface area contributed by atoms with Crippen molar-refractivity contribution in [2.24, 2.45) is 5.92 Å². The summed E-state index contributed by atoms with van der Waals surface area (Å²) in [5, 5.41) is 3.49. The Morgan fingerprint density at radius 1 is 1.59 bits per heavy atom. The zero-order valence-corrected chi connectivity index (χ0v) is 10.7. The van der Waals surface area contributed by atoms with Gasteiger partial charge in [-0.15, -0.1) is 0 Å². The summed E-state index contributed by atoms with van der Waals surface area (Å²) < 4.78 is 7.70. The van der Waals surface area contributed by atoms with E-state index < -0.39 is 0 Å². The van der Waals surface area contributed by atoms with Gasteiger partial charge in [0.25, 0.3) is 0 Å². The molecule has 0 radical (unpaired) electrons. The highest BCUT2D eigenvalue weighted by Gasteiger charge is 2.13. The van der Waals surface area contributed by atoms with Gasteiger partial charge in [0.05, 0.1) is 13.2 Å². The second kappa shape index (κ2) is 6.77. The van der Waals surface area contributed by atoms with Gasteiger partial charge in [0.2, 0.25) is 0 Å². The fraction of sp³-hybridized carbons (Fsp3) is 0.769. The van der Waals surface area contributed by atoms with Gasteiger partial charge < -0.3 is 14.6 Å². The van der Waals surface area contributed by atoms with E-state index in [9.17, 15) is 0 Å². The summed E-state index contributed by atoms with van der Waals surface area (Å²) >= 11 is 0. The number of aromatic nitrogens is 2. The number of nitrogens with zero attached hydrogens (tertiary/aromatic N) is 2. The molecule has 0 bridgehead atoms. The van der Waals surface area contributed by atoms with Crippen LogP contribution in [0.25, 0.3) is 0 Å².